The second kappa shape index (κ2) is 5.11. The minimum atomic E-state index is -0.191. The highest BCUT2D eigenvalue weighted by Crippen LogP contribution is 2.26. The van der Waals surface area contributed by atoms with E-state index >= 15 is 0 Å². The SMILES string of the molecule is CC(CN)c1ccc(F)c(-c2ccccc2)c1. The summed E-state index contributed by atoms with van der Waals surface area (Å²) < 4.78 is 13.8. The molecule has 0 radical (unpaired) electrons. The Balaban J connectivity index is 2.47. The molecule has 1 nitrogen and oxygen atoms in total. The Labute approximate surface area is 101 Å². The van der Waals surface area contributed by atoms with Gasteiger partial charge in [-0.3, -0.25) is 0 Å². The smallest absolute Gasteiger partial charge is 0.131 e. The molecule has 88 valence electrons. The largest absolute Gasteiger partial charge is 0.330 e. The molecular weight excluding hydrogens is 213 g/mol. The van der Waals surface area contributed by atoms with E-state index in [1.54, 1.807) is 6.07 Å². The Morgan fingerprint density at radius 2 is 1.82 bits per heavy atom. The van der Waals surface area contributed by atoms with E-state index in [9.17, 15) is 4.39 Å². The van der Waals surface area contributed by atoms with E-state index in [2.05, 4.69) is 0 Å². The molecule has 0 aliphatic carbocycles. The third-order valence-corrected chi connectivity index (χ3v) is 3.00. The van der Waals surface area contributed by atoms with Crippen molar-refractivity contribution in [1.82, 2.24) is 0 Å². The van der Waals surface area contributed by atoms with Gasteiger partial charge in [0, 0.05) is 5.56 Å². The summed E-state index contributed by atoms with van der Waals surface area (Å²) in [6, 6.07) is 14.8. The average molecular weight is 229 g/mol. The average Bonchev–Trinajstić information content (AvgIpc) is 2.39. The van der Waals surface area contributed by atoms with Crippen LogP contribution in [0.15, 0.2) is 48.5 Å². The third kappa shape index (κ3) is 2.53. The second-order valence-electron chi connectivity index (χ2n) is 4.24. The van der Waals surface area contributed by atoms with Crippen LogP contribution in [0, 0.1) is 5.82 Å². The number of hydrogen-bond acceptors (Lipinski definition) is 1. The van der Waals surface area contributed by atoms with Crippen LogP contribution in [-0.4, -0.2) is 6.54 Å². The summed E-state index contributed by atoms with van der Waals surface area (Å²) in [5, 5.41) is 0. The first-order valence-corrected chi connectivity index (χ1v) is 5.77. The molecule has 0 aromatic heterocycles. The monoisotopic (exact) mass is 229 g/mol. The molecule has 1 unspecified atom stereocenters. The van der Waals surface area contributed by atoms with Crippen molar-refractivity contribution in [2.75, 3.05) is 6.54 Å². The number of nitrogens with two attached hydrogens (primary N) is 1. The Kier molecular flexibility index (Phi) is 3.55. The van der Waals surface area contributed by atoms with Crippen LogP contribution < -0.4 is 5.73 Å². The topological polar surface area (TPSA) is 26.0 Å². The van der Waals surface area contributed by atoms with E-state index in [1.165, 1.54) is 6.07 Å². The highest BCUT2D eigenvalue weighted by atomic mass is 19.1. The maximum Gasteiger partial charge on any atom is 0.131 e. The molecule has 0 fully saturated rings. The third-order valence-electron chi connectivity index (χ3n) is 3.00. The van der Waals surface area contributed by atoms with E-state index in [0.29, 0.717) is 12.1 Å². The molecule has 0 bridgehead atoms. The normalized spacial score (nSPS) is 12.4. The molecule has 2 N–H and O–H groups in total. The van der Waals surface area contributed by atoms with Gasteiger partial charge in [-0.15, -0.1) is 0 Å². The zero-order chi connectivity index (χ0) is 12.3. The predicted octanol–water partition coefficient (Wildman–Crippen LogP) is 3.55. The van der Waals surface area contributed by atoms with Gasteiger partial charge in [0.1, 0.15) is 5.82 Å². The maximum atomic E-state index is 13.8. The molecule has 0 aliphatic heterocycles. The lowest BCUT2D eigenvalue weighted by atomic mass is 9.96. The highest BCUT2D eigenvalue weighted by molar-refractivity contribution is 5.65. The van der Waals surface area contributed by atoms with Gasteiger partial charge in [-0.1, -0.05) is 43.3 Å². The maximum absolute atomic E-state index is 13.8. The Hall–Kier alpha value is -1.67. The molecule has 17 heavy (non-hydrogen) atoms. The van der Waals surface area contributed by atoms with Crippen LogP contribution in [0.3, 0.4) is 0 Å². The molecule has 0 saturated heterocycles. The lowest BCUT2D eigenvalue weighted by molar-refractivity contribution is 0.629. The second-order valence-corrected chi connectivity index (χ2v) is 4.24. The van der Waals surface area contributed by atoms with Gasteiger partial charge >= 0.3 is 0 Å². The van der Waals surface area contributed by atoms with E-state index in [4.69, 9.17) is 5.73 Å². The number of benzene rings is 2. The highest BCUT2D eigenvalue weighted by Gasteiger charge is 2.09. The molecule has 2 rings (SSSR count). The van der Waals surface area contributed by atoms with Crippen LogP contribution in [0.4, 0.5) is 4.39 Å². The summed E-state index contributed by atoms with van der Waals surface area (Å²) in [6.07, 6.45) is 0. The van der Waals surface area contributed by atoms with E-state index < -0.39 is 0 Å². The molecule has 2 aromatic rings. The van der Waals surface area contributed by atoms with Crippen molar-refractivity contribution >= 4 is 0 Å². The summed E-state index contributed by atoms with van der Waals surface area (Å²) in [4.78, 5) is 0. The van der Waals surface area contributed by atoms with Gasteiger partial charge in [0.2, 0.25) is 0 Å². The van der Waals surface area contributed by atoms with Gasteiger partial charge in [-0.25, -0.2) is 4.39 Å². The minimum absolute atomic E-state index is 0.191. The number of halogens is 1. The van der Waals surface area contributed by atoms with Crippen molar-refractivity contribution in [2.24, 2.45) is 5.73 Å². The van der Waals surface area contributed by atoms with Crippen molar-refractivity contribution < 1.29 is 4.39 Å². The van der Waals surface area contributed by atoms with Crippen molar-refractivity contribution in [2.45, 2.75) is 12.8 Å². The van der Waals surface area contributed by atoms with Gasteiger partial charge < -0.3 is 5.73 Å². The molecule has 0 aliphatic rings. The van der Waals surface area contributed by atoms with Crippen LogP contribution in [0.2, 0.25) is 0 Å². The summed E-state index contributed by atoms with van der Waals surface area (Å²) in [6.45, 7) is 2.61. The molecular formula is C15H16FN. The fraction of sp³-hybridized carbons (Fsp3) is 0.200. The van der Waals surface area contributed by atoms with Gasteiger partial charge in [-0.05, 0) is 35.7 Å². The van der Waals surface area contributed by atoms with Crippen LogP contribution in [0.25, 0.3) is 11.1 Å². The van der Waals surface area contributed by atoms with Gasteiger partial charge in [-0.2, -0.15) is 0 Å². The molecule has 0 spiro atoms. The number of rotatable bonds is 3. The Morgan fingerprint density at radius 3 is 2.47 bits per heavy atom. The summed E-state index contributed by atoms with van der Waals surface area (Å²) in [5.74, 6) is 0.0576. The van der Waals surface area contributed by atoms with Crippen LogP contribution in [0.5, 0.6) is 0 Å². The molecule has 0 heterocycles. The first kappa shape index (κ1) is 11.8. The fourth-order valence-corrected chi connectivity index (χ4v) is 1.82. The standard InChI is InChI=1S/C15H16FN/c1-11(10-17)13-7-8-15(16)14(9-13)12-5-3-2-4-6-12/h2-9,11H,10,17H2,1H3. The first-order valence-electron chi connectivity index (χ1n) is 5.77. The minimum Gasteiger partial charge on any atom is -0.330 e. The summed E-state index contributed by atoms with van der Waals surface area (Å²) in [7, 11) is 0. The molecule has 0 amide bonds. The van der Waals surface area contributed by atoms with Crippen molar-refractivity contribution in [1.29, 1.82) is 0 Å². The van der Waals surface area contributed by atoms with Crippen molar-refractivity contribution in [3.05, 3.63) is 59.9 Å². The summed E-state index contributed by atoms with van der Waals surface area (Å²) in [5.41, 5.74) is 8.25. The van der Waals surface area contributed by atoms with Gasteiger partial charge in [0.15, 0.2) is 0 Å². The number of hydrogen-bond donors (Lipinski definition) is 1. The zero-order valence-electron chi connectivity index (χ0n) is 9.86. The quantitative estimate of drug-likeness (QED) is 0.855. The lowest BCUT2D eigenvalue weighted by Gasteiger charge is -2.11. The van der Waals surface area contributed by atoms with Gasteiger partial charge in [0.25, 0.3) is 0 Å². The Morgan fingerprint density at radius 1 is 1.12 bits per heavy atom. The van der Waals surface area contributed by atoms with Crippen molar-refractivity contribution in [3.63, 3.8) is 0 Å². The van der Waals surface area contributed by atoms with Crippen LogP contribution in [-0.2, 0) is 0 Å². The van der Waals surface area contributed by atoms with E-state index in [1.807, 2.05) is 43.3 Å². The lowest BCUT2D eigenvalue weighted by Crippen LogP contribution is -2.09. The fourth-order valence-electron chi connectivity index (χ4n) is 1.82. The van der Waals surface area contributed by atoms with Gasteiger partial charge in [0.05, 0.1) is 0 Å². The van der Waals surface area contributed by atoms with E-state index in [-0.39, 0.29) is 11.7 Å². The molecule has 2 aromatic carbocycles. The van der Waals surface area contributed by atoms with Crippen LogP contribution in [0.1, 0.15) is 18.4 Å². The van der Waals surface area contributed by atoms with E-state index in [0.717, 1.165) is 11.1 Å². The first-order chi connectivity index (χ1) is 8.22. The van der Waals surface area contributed by atoms with Crippen LogP contribution >= 0.6 is 0 Å². The van der Waals surface area contributed by atoms with Crippen molar-refractivity contribution in [3.8, 4) is 11.1 Å². The predicted molar refractivity (Wildman–Crippen MR) is 69.3 cm³/mol. The molecule has 1 atom stereocenters. The Bertz CT molecular complexity index is 494. The molecule has 0 saturated carbocycles. The summed E-state index contributed by atoms with van der Waals surface area (Å²) >= 11 is 0. The zero-order valence-corrected chi connectivity index (χ0v) is 9.86. The molecule has 2 heteroatoms.